The first-order chi connectivity index (χ1) is 27.7. The van der Waals surface area contributed by atoms with E-state index < -0.39 is 137 Å². The summed E-state index contributed by atoms with van der Waals surface area (Å²) in [6.07, 6.45) is -19.2. The van der Waals surface area contributed by atoms with E-state index in [0.29, 0.717) is 0 Å². The van der Waals surface area contributed by atoms with E-state index in [1.54, 1.807) is 5.32 Å². The number of hydrogen-bond acceptors (Lipinski definition) is 16. The van der Waals surface area contributed by atoms with Gasteiger partial charge in [-0.25, -0.2) is 32.3 Å². The molecule has 60 heavy (non-hydrogen) atoms. The van der Waals surface area contributed by atoms with Crippen LogP contribution in [0.3, 0.4) is 0 Å². The van der Waals surface area contributed by atoms with Crippen LogP contribution in [0.15, 0.2) is 35.4 Å². The van der Waals surface area contributed by atoms with Crippen molar-refractivity contribution >= 4 is 35.9 Å². The Morgan fingerprint density at radius 3 is 2.23 bits per heavy atom. The van der Waals surface area contributed by atoms with Gasteiger partial charge in [0.25, 0.3) is 6.43 Å². The predicted octanol–water partition coefficient (Wildman–Crippen LogP) is 3.08. The minimum absolute atomic E-state index is 0.108. The van der Waals surface area contributed by atoms with Crippen LogP contribution in [0.1, 0.15) is 78.6 Å². The van der Waals surface area contributed by atoms with Gasteiger partial charge in [0.05, 0.1) is 36.7 Å². The highest BCUT2D eigenvalue weighted by Gasteiger charge is 2.78. The number of carbonyl (C=O) groups is 6. The third-order valence-electron chi connectivity index (χ3n) is 12.1. The molecular formula is C40H50F3NO16. The molecule has 3 aliphatic carbocycles. The number of ether oxygens (including phenoxy) is 7. The van der Waals surface area contributed by atoms with Gasteiger partial charge in [-0.05, 0) is 64.0 Å². The van der Waals surface area contributed by atoms with Gasteiger partial charge in [-0.3, -0.25) is 9.59 Å². The number of halogens is 3. The van der Waals surface area contributed by atoms with Crippen LogP contribution < -0.4 is 5.32 Å². The number of amides is 1. The summed E-state index contributed by atoms with van der Waals surface area (Å²) in [5.74, 6) is -7.64. The molecule has 4 aliphatic rings. The molecule has 1 aliphatic heterocycles. The van der Waals surface area contributed by atoms with Crippen LogP contribution in [0, 0.1) is 22.6 Å². The molecule has 5 rings (SSSR count). The van der Waals surface area contributed by atoms with Crippen molar-refractivity contribution in [2.24, 2.45) is 16.7 Å². The molecule has 2 bridgehead atoms. The van der Waals surface area contributed by atoms with Crippen LogP contribution in [0.25, 0.3) is 0 Å². The van der Waals surface area contributed by atoms with E-state index in [1.807, 2.05) is 0 Å². The lowest BCUT2D eigenvalue weighted by Gasteiger charge is -2.67. The Hall–Kier alpha value is -4.79. The minimum Gasteiger partial charge on any atom is -0.456 e. The van der Waals surface area contributed by atoms with Crippen LogP contribution >= 0.6 is 0 Å². The summed E-state index contributed by atoms with van der Waals surface area (Å²) in [5, 5.41) is 38.0. The Morgan fingerprint density at radius 2 is 1.70 bits per heavy atom. The summed E-state index contributed by atoms with van der Waals surface area (Å²) in [5.41, 5.74) is -10.7. The third kappa shape index (κ3) is 7.93. The van der Waals surface area contributed by atoms with Crippen LogP contribution in [0.4, 0.5) is 22.8 Å². The van der Waals surface area contributed by atoms with Crippen molar-refractivity contribution in [2.75, 3.05) is 13.7 Å². The SMILES string of the molecule is COC(=O)O[C@H]1C(=O)[C@@]2(C)[C@H]([C@H](OC(=O)c3cccc(F)c3)[C@]3(O)C[C@H](OC(=O)[C@H](O)[C@@H](NC(=O)OC(C)(C)C)C(F)F)C(C)=C1C3(C)C)[C@]1(OC(C)=O)CO[C@@H]1C[C@@H]2O. The Bertz CT molecular complexity index is 1950. The average molecular weight is 858 g/mol. The quantitative estimate of drug-likeness (QED) is 0.159. The molecule has 332 valence electrons. The molecule has 1 saturated heterocycles. The summed E-state index contributed by atoms with van der Waals surface area (Å²) in [6, 6.07) is 1.66. The van der Waals surface area contributed by atoms with Gasteiger partial charge in [-0.15, -0.1) is 0 Å². The van der Waals surface area contributed by atoms with E-state index in [2.05, 4.69) is 0 Å². The fourth-order valence-electron chi connectivity index (χ4n) is 9.12. The van der Waals surface area contributed by atoms with Crippen LogP contribution in [0.2, 0.25) is 0 Å². The number of nitrogens with one attached hydrogen (secondary N) is 1. The molecule has 1 amide bonds. The number of alkyl carbamates (subject to hydrolysis) is 1. The number of alkyl halides is 2. The maximum absolute atomic E-state index is 15.3. The summed E-state index contributed by atoms with van der Waals surface area (Å²) < 4.78 is 81.8. The van der Waals surface area contributed by atoms with Gasteiger partial charge in [0.1, 0.15) is 41.4 Å². The van der Waals surface area contributed by atoms with Crippen molar-refractivity contribution in [1.29, 1.82) is 0 Å². The number of esters is 3. The molecule has 20 heteroatoms. The Balaban J connectivity index is 1.75. The maximum Gasteiger partial charge on any atom is 0.509 e. The number of aliphatic hydroxyl groups is 3. The van der Waals surface area contributed by atoms with Gasteiger partial charge in [0.15, 0.2) is 23.6 Å². The number of carbonyl (C=O) groups excluding carboxylic acids is 6. The predicted molar refractivity (Wildman–Crippen MR) is 195 cm³/mol. The normalized spacial score (nSPS) is 33.0. The highest BCUT2D eigenvalue weighted by Crippen LogP contribution is 2.64. The van der Waals surface area contributed by atoms with E-state index >= 15 is 4.79 Å². The van der Waals surface area contributed by atoms with E-state index in [1.165, 1.54) is 60.6 Å². The molecule has 1 heterocycles. The fraction of sp³-hybridized carbons (Fsp3) is 0.650. The molecule has 2 saturated carbocycles. The summed E-state index contributed by atoms with van der Waals surface area (Å²) in [7, 11) is 0.934. The monoisotopic (exact) mass is 857 g/mol. The number of rotatable bonds is 9. The molecule has 0 aromatic heterocycles. The average Bonchev–Trinajstić information content (AvgIpc) is 3.13. The Labute approximate surface area is 342 Å². The Morgan fingerprint density at radius 1 is 1.05 bits per heavy atom. The number of benzene rings is 1. The molecule has 11 atom stereocenters. The number of aliphatic hydroxyl groups excluding tert-OH is 2. The van der Waals surface area contributed by atoms with Crippen LogP contribution in [0.5, 0.6) is 0 Å². The molecular weight excluding hydrogens is 807 g/mol. The lowest BCUT2D eigenvalue weighted by Crippen LogP contribution is -2.82. The van der Waals surface area contributed by atoms with Crippen LogP contribution in [-0.4, -0.2) is 131 Å². The van der Waals surface area contributed by atoms with Gasteiger partial charge in [-0.1, -0.05) is 19.9 Å². The zero-order chi connectivity index (χ0) is 45.1. The first-order valence-corrected chi connectivity index (χ1v) is 19.0. The largest absolute Gasteiger partial charge is 0.509 e. The van der Waals surface area contributed by atoms with Crippen LogP contribution in [-0.2, 0) is 47.5 Å². The number of ketones is 1. The lowest BCUT2D eigenvalue weighted by atomic mass is 9.44. The topological polar surface area (TPSA) is 240 Å². The van der Waals surface area contributed by atoms with Crippen molar-refractivity contribution in [2.45, 2.75) is 134 Å². The number of fused-ring (bicyclic) bond motifs is 5. The van der Waals surface area contributed by atoms with Crippen molar-refractivity contribution < 1.29 is 90.4 Å². The highest BCUT2D eigenvalue weighted by molar-refractivity contribution is 5.95. The van der Waals surface area contributed by atoms with Crippen molar-refractivity contribution in [3.8, 4) is 0 Å². The molecule has 17 nitrogen and oxygen atoms in total. The van der Waals surface area contributed by atoms with Gasteiger partial charge < -0.3 is 53.8 Å². The molecule has 0 spiro atoms. The smallest absolute Gasteiger partial charge is 0.456 e. The lowest BCUT2D eigenvalue weighted by molar-refractivity contribution is -0.346. The fourth-order valence-corrected chi connectivity index (χ4v) is 9.12. The second-order valence-electron chi connectivity index (χ2n) is 17.2. The second kappa shape index (κ2) is 16.2. The number of Topliss-reactive ketones (excluding diaryl/α,β-unsaturated/α-hetero) is 1. The van der Waals surface area contributed by atoms with Gasteiger partial charge >= 0.3 is 30.2 Å². The van der Waals surface area contributed by atoms with E-state index in [-0.39, 0.29) is 23.1 Å². The molecule has 3 fully saturated rings. The standard InChI is InChI=1S/C40H50F3NO16/c1-17-21(56-33(50)26(47)25(31(42)43)44-34(51)60-36(3,4)5)15-40(53)30(58-32(49)19-11-10-12-20(41)13-19)28-38(8,22(46)14-23-39(28,16-55-23)59-18(2)45)29(48)27(57-35(52)54-9)24(17)37(40,6)7/h10-13,21-23,25-28,30-31,46-47,53H,14-16H2,1-9H3,(H,44,51)/t21-,22-,23+,25+,26+,27+,28-,30-,38+,39-,40+/m0/s1. The number of methoxy groups -OCH3 is 1. The summed E-state index contributed by atoms with van der Waals surface area (Å²) >= 11 is 0. The highest BCUT2D eigenvalue weighted by atomic mass is 19.3. The minimum atomic E-state index is -3.56. The van der Waals surface area contributed by atoms with Crippen molar-refractivity contribution in [3.63, 3.8) is 0 Å². The summed E-state index contributed by atoms with van der Waals surface area (Å²) in [6.45, 7) is 10.2. The van der Waals surface area contributed by atoms with E-state index in [9.17, 15) is 52.5 Å². The molecule has 0 radical (unpaired) electrons. The molecule has 4 N–H and O–H groups in total. The zero-order valence-electron chi connectivity index (χ0n) is 34.4. The first kappa shape index (κ1) is 46.3. The Kier molecular flexibility index (Phi) is 12.5. The van der Waals surface area contributed by atoms with Gasteiger partial charge in [0, 0.05) is 25.2 Å². The van der Waals surface area contributed by atoms with Crippen molar-refractivity contribution in [3.05, 3.63) is 46.8 Å². The zero-order valence-corrected chi connectivity index (χ0v) is 34.4. The first-order valence-electron chi connectivity index (χ1n) is 19.0. The van der Waals surface area contributed by atoms with E-state index in [4.69, 9.17) is 33.2 Å². The third-order valence-corrected chi connectivity index (χ3v) is 12.1. The van der Waals surface area contributed by atoms with Crippen molar-refractivity contribution in [1.82, 2.24) is 5.32 Å². The summed E-state index contributed by atoms with van der Waals surface area (Å²) in [4.78, 5) is 81.3. The molecule has 1 aromatic rings. The molecule has 1 aromatic carbocycles. The second-order valence-corrected chi connectivity index (χ2v) is 17.2. The maximum atomic E-state index is 15.3. The van der Waals surface area contributed by atoms with Gasteiger partial charge in [-0.2, -0.15) is 0 Å². The van der Waals surface area contributed by atoms with Gasteiger partial charge in [0.2, 0.25) is 0 Å². The van der Waals surface area contributed by atoms with E-state index in [0.717, 1.165) is 26.2 Å². The molecule has 0 unspecified atom stereocenters. The number of hydrogen-bond donors (Lipinski definition) is 4.